The van der Waals surface area contributed by atoms with Gasteiger partial charge in [-0.1, -0.05) is 50.8 Å². The van der Waals surface area contributed by atoms with E-state index in [1.54, 1.807) is 0 Å². The zero-order valence-corrected chi connectivity index (χ0v) is 12.7. The lowest BCUT2D eigenvalue weighted by Crippen LogP contribution is -2.40. The van der Waals surface area contributed by atoms with E-state index in [9.17, 15) is 4.79 Å². The lowest BCUT2D eigenvalue weighted by Gasteiger charge is -2.28. The molecule has 0 amide bonds. The summed E-state index contributed by atoms with van der Waals surface area (Å²) >= 11 is 0. The van der Waals surface area contributed by atoms with Crippen molar-refractivity contribution in [3.05, 3.63) is 35.5 Å². The molecule has 2 aromatic rings. The lowest BCUT2D eigenvalue weighted by molar-refractivity contribution is -0.109. The minimum absolute atomic E-state index is 0.0483. The molecule has 2 atom stereocenters. The van der Waals surface area contributed by atoms with Gasteiger partial charge in [-0.15, -0.1) is 0 Å². The molecule has 112 valence electrons. The van der Waals surface area contributed by atoms with Crippen LogP contribution in [0, 0.1) is 0 Å². The minimum atomic E-state index is -0.0483. The monoisotopic (exact) mass is 284 g/mol. The van der Waals surface area contributed by atoms with Gasteiger partial charge in [0.05, 0.1) is 6.04 Å². The fraction of sp³-hybridized carbons (Fsp3) is 0.500. The van der Waals surface area contributed by atoms with Crippen LogP contribution < -0.4 is 5.32 Å². The first-order valence-electron chi connectivity index (χ1n) is 8.14. The van der Waals surface area contributed by atoms with Crippen LogP contribution in [0.1, 0.15) is 56.3 Å². The van der Waals surface area contributed by atoms with E-state index in [0.29, 0.717) is 0 Å². The number of fused-ring (bicyclic) bond motifs is 3. The lowest BCUT2D eigenvalue weighted by atomic mass is 9.92. The third-order valence-corrected chi connectivity index (χ3v) is 4.55. The Morgan fingerprint density at radius 3 is 2.90 bits per heavy atom. The van der Waals surface area contributed by atoms with Crippen molar-refractivity contribution in [2.45, 2.75) is 57.5 Å². The summed E-state index contributed by atoms with van der Waals surface area (Å²) in [6.45, 7) is 2.23. The third-order valence-electron chi connectivity index (χ3n) is 4.55. The summed E-state index contributed by atoms with van der Waals surface area (Å²) < 4.78 is 0. The van der Waals surface area contributed by atoms with Gasteiger partial charge in [0.1, 0.15) is 6.29 Å². The van der Waals surface area contributed by atoms with Crippen molar-refractivity contribution in [1.82, 2.24) is 10.3 Å². The predicted octanol–water partition coefficient (Wildman–Crippen LogP) is 3.89. The Balaban J connectivity index is 1.86. The molecule has 3 heteroatoms. The largest absolute Gasteiger partial charge is 0.357 e. The van der Waals surface area contributed by atoms with Crippen LogP contribution in [-0.2, 0) is 11.2 Å². The first kappa shape index (κ1) is 14.3. The summed E-state index contributed by atoms with van der Waals surface area (Å²) in [6, 6.07) is 8.65. The van der Waals surface area contributed by atoms with E-state index < -0.39 is 0 Å². The first-order valence-corrected chi connectivity index (χ1v) is 8.14. The minimum Gasteiger partial charge on any atom is -0.357 e. The van der Waals surface area contributed by atoms with Gasteiger partial charge in [0.2, 0.25) is 0 Å². The molecule has 0 spiro atoms. The molecule has 1 aliphatic rings. The Labute approximate surface area is 126 Å². The molecule has 0 unspecified atom stereocenters. The Morgan fingerprint density at radius 2 is 2.10 bits per heavy atom. The number of carbonyl (C=O) groups is 1. The van der Waals surface area contributed by atoms with E-state index in [-0.39, 0.29) is 12.1 Å². The van der Waals surface area contributed by atoms with E-state index in [2.05, 4.69) is 41.5 Å². The SMILES string of the molecule is CCCCCC[C@H]1N[C@@H](C=O)Cc2c1[nH]c1ccccc21. The average Bonchev–Trinajstić information content (AvgIpc) is 2.90. The zero-order chi connectivity index (χ0) is 14.7. The van der Waals surface area contributed by atoms with Gasteiger partial charge >= 0.3 is 0 Å². The predicted molar refractivity (Wildman–Crippen MR) is 86.5 cm³/mol. The molecule has 0 aliphatic carbocycles. The highest BCUT2D eigenvalue weighted by atomic mass is 16.1. The highest BCUT2D eigenvalue weighted by molar-refractivity contribution is 5.85. The molecular formula is C18H24N2O. The quantitative estimate of drug-likeness (QED) is 0.624. The molecule has 0 saturated heterocycles. The fourth-order valence-electron chi connectivity index (χ4n) is 3.45. The number of hydrogen-bond acceptors (Lipinski definition) is 2. The van der Waals surface area contributed by atoms with E-state index >= 15 is 0 Å². The maximum atomic E-state index is 11.3. The van der Waals surface area contributed by atoms with Crippen LogP contribution in [0.25, 0.3) is 10.9 Å². The topological polar surface area (TPSA) is 44.9 Å². The van der Waals surface area contributed by atoms with Gasteiger partial charge in [0, 0.05) is 22.6 Å². The Bertz CT molecular complexity index is 617. The molecule has 2 heterocycles. The summed E-state index contributed by atoms with van der Waals surface area (Å²) in [4.78, 5) is 14.9. The summed E-state index contributed by atoms with van der Waals surface area (Å²) in [7, 11) is 0. The van der Waals surface area contributed by atoms with E-state index in [1.807, 2.05) is 0 Å². The number of unbranched alkanes of at least 4 members (excludes halogenated alkanes) is 3. The summed E-state index contributed by atoms with van der Waals surface area (Å²) in [5, 5.41) is 4.78. The maximum Gasteiger partial charge on any atom is 0.137 e. The Hall–Kier alpha value is -1.61. The van der Waals surface area contributed by atoms with Gasteiger partial charge in [-0.3, -0.25) is 5.32 Å². The van der Waals surface area contributed by atoms with E-state index in [1.165, 1.54) is 47.8 Å². The number of aromatic nitrogens is 1. The molecule has 3 rings (SSSR count). The van der Waals surface area contributed by atoms with Crippen LogP contribution in [-0.4, -0.2) is 17.3 Å². The molecule has 2 N–H and O–H groups in total. The molecule has 1 aliphatic heterocycles. The fourth-order valence-corrected chi connectivity index (χ4v) is 3.45. The van der Waals surface area contributed by atoms with Crippen LogP contribution in [0.3, 0.4) is 0 Å². The van der Waals surface area contributed by atoms with Gasteiger partial charge < -0.3 is 9.78 Å². The van der Waals surface area contributed by atoms with Crippen molar-refractivity contribution in [3.63, 3.8) is 0 Å². The number of nitrogens with one attached hydrogen (secondary N) is 2. The van der Waals surface area contributed by atoms with E-state index in [0.717, 1.165) is 19.1 Å². The van der Waals surface area contributed by atoms with Crippen LogP contribution in [0.15, 0.2) is 24.3 Å². The first-order chi connectivity index (χ1) is 10.3. The molecule has 21 heavy (non-hydrogen) atoms. The van der Waals surface area contributed by atoms with Crippen LogP contribution in [0.5, 0.6) is 0 Å². The Kier molecular flexibility index (Phi) is 4.39. The van der Waals surface area contributed by atoms with Gasteiger partial charge in [-0.2, -0.15) is 0 Å². The normalized spacial score (nSPS) is 21.4. The van der Waals surface area contributed by atoms with Crippen LogP contribution in [0.2, 0.25) is 0 Å². The van der Waals surface area contributed by atoms with Crippen molar-refractivity contribution in [2.75, 3.05) is 0 Å². The highest BCUT2D eigenvalue weighted by Gasteiger charge is 2.28. The molecule has 0 radical (unpaired) electrons. The highest BCUT2D eigenvalue weighted by Crippen LogP contribution is 2.33. The third kappa shape index (κ3) is 2.88. The number of para-hydroxylation sites is 1. The van der Waals surface area contributed by atoms with Gasteiger partial charge in [0.15, 0.2) is 0 Å². The number of carbonyl (C=O) groups excluding carboxylic acids is 1. The maximum absolute atomic E-state index is 11.3. The number of H-pyrrole nitrogens is 1. The molecule has 1 aromatic heterocycles. The van der Waals surface area contributed by atoms with Crippen molar-refractivity contribution in [2.24, 2.45) is 0 Å². The van der Waals surface area contributed by atoms with Gasteiger partial charge in [-0.25, -0.2) is 0 Å². The molecule has 0 saturated carbocycles. The second kappa shape index (κ2) is 6.44. The molecule has 0 bridgehead atoms. The Morgan fingerprint density at radius 1 is 1.24 bits per heavy atom. The molecule has 1 aromatic carbocycles. The number of benzene rings is 1. The summed E-state index contributed by atoms with van der Waals surface area (Å²) in [5.74, 6) is 0. The standard InChI is InChI=1S/C18H24N2O/c1-2-3-4-5-10-17-18-15(11-13(12-21)19-17)14-8-6-7-9-16(14)20-18/h6-9,12-13,17,19-20H,2-5,10-11H2,1H3/t13-,17-/m1/s1. The van der Waals surface area contributed by atoms with Gasteiger partial charge in [0.25, 0.3) is 0 Å². The summed E-state index contributed by atoms with van der Waals surface area (Å²) in [5.41, 5.74) is 3.82. The number of rotatable bonds is 6. The number of hydrogen-bond donors (Lipinski definition) is 2. The van der Waals surface area contributed by atoms with Crippen molar-refractivity contribution in [3.8, 4) is 0 Å². The van der Waals surface area contributed by atoms with Crippen molar-refractivity contribution >= 4 is 17.2 Å². The van der Waals surface area contributed by atoms with Crippen LogP contribution >= 0.6 is 0 Å². The summed E-state index contributed by atoms with van der Waals surface area (Å²) in [6.07, 6.45) is 8.00. The number of aldehydes is 1. The smallest absolute Gasteiger partial charge is 0.137 e. The molecule has 0 fully saturated rings. The van der Waals surface area contributed by atoms with Crippen molar-refractivity contribution in [1.29, 1.82) is 0 Å². The second-order valence-electron chi connectivity index (χ2n) is 6.08. The second-order valence-corrected chi connectivity index (χ2v) is 6.08. The van der Waals surface area contributed by atoms with E-state index in [4.69, 9.17) is 0 Å². The average molecular weight is 284 g/mol. The zero-order valence-electron chi connectivity index (χ0n) is 12.7. The molecule has 3 nitrogen and oxygen atoms in total. The molecular weight excluding hydrogens is 260 g/mol. The van der Waals surface area contributed by atoms with Crippen LogP contribution in [0.4, 0.5) is 0 Å². The van der Waals surface area contributed by atoms with Crippen molar-refractivity contribution < 1.29 is 4.79 Å². The number of aromatic amines is 1. The van der Waals surface area contributed by atoms with Gasteiger partial charge in [-0.05, 0) is 24.5 Å².